The molecule has 4 unspecified atom stereocenters. The molecule has 1 aromatic heterocycles. The largest absolute Gasteiger partial charge is 0.464 e. The van der Waals surface area contributed by atoms with Crippen LogP contribution < -0.4 is 5.32 Å². The van der Waals surface area contributed by atoms with E-state index < -0.39 is 0 Å². The third kappa shape index (κ3) is 5.02. The molecule has 0 spiro atoms. The summed E-state index contributed by atoms with van der Waals surface area (Å²) in [6, 6.07) is -0.122. The number of fused-ring (bicyclic) bond motifs is 1. The molecule has 1 saturated carbocycles. The van der Waals surface area contributed by atoms with E-state index in [2.05, 4.69) is 39.8 Å². The van der Waals surface area contributed by atoms with E-state index in [1.165, 1.54) is 19.3 Å². The average molecular weight is 364 g/mol. The van der Waals surface area contributed by atoms with Crippen LogP contribution in [-0.2, 0) is 16.0 Å². The van der Waals surface area contributed by atoms with Crippen molar-refractivity contribution in [1.82, 2.24) is 25.9 Å². The second-order valence-corrected chi connectivity index (χ2v) is 8.09. The number of H-pyrrole nitrogens is 1. The minimum atomic E-state index is -0.122. The highest BCUT2D eigenvalue weighted by Gasteiger charge is 2.38. The van der Waals surface area contributed by atoms with E-state index in [0.717, 1.165) is 44.5 Å². The Morgan fingerprint density at radius 3 is 2.81 bits per heavy atom. The summed E-state index contributed by atoms with van der Waals surface area (Å²) in [5.41, 5.74) is 0. The van der Waals surface area contributed by atoms with Gasteiger partial charge >= 0.3 is 5.97 Å². The maximum absolute atomic E-state index is 12.5. The number of carbonyl (C=O) groups is 1. The second-order valence-electron chi connectivity index (χ2n) is 8.09. The van der Waals surface area contributed by atoms with Gasteiger partial charge in [0, 0.05) is 6.42 Å². The van der Waals surface area contributed by atoms with Crippen LogP contribution in [-0.4, -0.2) is 45.8 Å². The van der Waals surface area contributed by atoms with Crippen molar-refractivity contribution in [3.05, 3.63) is 5.82 Å². The van der Waals surface area contributed by atoms with E-state index >= 15 is 0 Å². The average Bonchev–Trinajstić information content (AvgIpc) is 3.20. The molecule has 4 atom stereocenters. The molecule has 146 valence electrons. The summed E-state index contributed by atoms with van der Waals surface area (Å²) in [7, 11) is 0. The molecule has 7 nitrogen and oxygen atoms in total. The molecule has 26 heavy (non-hydrogen) atoms. The Labute approximate surface area is 156 Å². The van der Waals surface area contributed by atoms with Gasteiger partial charge in [-0.25, -0.2) is 5.10 Å². The van der Waals surface area contributed by atoms with Crippen molar-refractivity contribution in [3.63, 3.8) is 0 Å². The van der Waals surface area contributed by atoms with Crippen LogP contribution in [0, 0.1) is 23.7 Å². The standard InChI is InChI=1S/C19H33N5O2/c1-3-13(4-2)12-26-19(25)17-10-16-9-14(5-7-15(16)11-20-17)6-8-18-21-23-24-22-18/h13-17,20H,3-12H2,1-2H3,(H,21,22,23,24). The first-order chi connectivity index (χ1) is 12.7. The van der Waals surface area contributed by atoms with Gasteiger partial charge in [0.25, 0.3) is 0 Å². The minimum Gasteiger partial charge on any atom is -0.464 e. The zero-order chi connectivity index (χ0) is 18.4. The lowest BCUT2D eigenvalue weighted by atomic mass is 9.69. The third-order valence-electron chi connectivity index (χ3n) is 6.49. The summed E-state index contributed by atoms with van der Waals surface area (Å²) in [6.07, 6.45) is 8.83. The number of nitrogens with one attached hydrogen (secondary N) is 2. The fraction of sp³-hybridized carbons (Fsp3) is 0.895. The van der Waals surface area contributed by atoms with Gasteiger partial charge in [0.15, 0.2) is 0 Å². The molecular formula is C19H33N5O2. The molecule has 2 heterocycles. The van der Waals surface area contributed by atoms with Crippen molar-refractivity contribution in [2.24, 2.45) is 23.7 Å². The topological polar surface area (TPSA) is 92.8 Å². The highest BCUT2D eigenvalue weighted by atomic mass is 16.5. The van der Waals surface area contributed by atoms with Gasteiger partial charge in [-0.3, -0.25) is 4.79 Å². The molecule has 0 amide bonds. The molecule has 0 aromatic carbocycles. The van der Waals surface area contributed by atoms with Gasteiger partial charge in [-0.05, 0) is 66.3 Å². The molecule has 1 saturated heterocycles. The highest BCUT2D eigenvalue weighted by molar-refractivity contribution is 5.76. The Morgan fingerprint density at radius 1 is 1.23 bits per heavy atom. The summed E-state index contributed by atoms with van der Waals surface area (Å²) in [4.78, 5) is 12.5. The van der Waals surface area contributed by atoms with Gasteiger partial charge < -0.3 is 10.1 Å². The first-order valence-corrected chi connectivity index (χ1v) is 10.3. The number of ether oxygens (including phenoxy) is 1. The number of nitrogens with zero attached hydrogens (tertiary/aromatic N) is 3. The molecule has 0 bridgehead atoms. The van der Waals surface area contributed by atoms with Gasteiger partial charge in [0.05, 0.1) is 6.61 Å². The molecule has 1 aliphatic heterocycles. The zero-order valence-electron chi connectivity index (χ0n) is 16.1. The molecule has 0 radical (unpaired) electrons. The number of tetrazole rings is 1. The smallest absolute Gasteiger partial charge is 0.323 e. The molecule has 7 heteroatoms. The van der Waals surface area contributed by atoms with Crippen LogP contribution in [0.2, 0.25) is 0 Å². The third-order valence-corrected chi connectivity index (χ3v) is 6.49. The summed E-state index contributed by atoms with van der Waals surface area (Å²) in [5, 5.41) is 17.5. The lowest BCUT2D eigenvalue weighted by molar-refractivity contribution is -0.149. The van der Waals surface area contributed by atoms with Crippen LogP contribution in [0.4, 0.5) is 0 Å². The Morgan fingerprint density at radius 2 is 2.08 bits per heavy atom. The van der Waals surface area contributed by atoms with E-state index in [1.807, 2.05) is 0 Å². The van der Waals surface area contributed by atoms with Gasteiger partial charge in [-0.2, -0.15) is 0 Å². The number of rotatable bonds is 8. The maximum atomic E-state index is 12.5. The number of hydrogen-bond donors (Lipinski definition) is 2. The fourth-order valence-corrected chi connectivity index (χ4v) is 4.55. The van der Waals surface area contributed by atoms with Crippen LogP contribution in [0.15, 0.2) is 0 Å². The maximum Gasteiger partial charge on any atom is 0.323 e. The highest BCUT2D eigenvalue weighted by Crippen LogP contribution is 2.40. The molecule has 1 aliphatic carbocycles. The monoisotopic (exact) mass is 363 g/mol. The van der Waals surface area contributed by atoms with Gasteiger partial charge in [0.2, 0.25) is 0 Å². The lowest BCUT2D eigenvalue weighted by Crippen LogP contribution is -2.50. The molecule has 1 aromatic rings. The van der Waals surface area contributed by atoms with Crippen LogP contribution in [0.1, 0.15) is 64.6 Å². The molecule has 2 aliphatic rings. The SMILES string of the molecule is CCC(CC)COC(=O)C1CC2CC(CCc3nnn[nH]3)CCC2CN1. The van der Waals surface area contributed by atoms with E-state index in [0.29, 0.717) is 30.3 Å². The lowest BCUT2D eigenvalue weighted by Gasteiger charge is -2.42. The van der Waals surface area contributed by atoms with Crippen LogP contribution in [0.5, 0.6) is 0 Å². The number of aromatic amines is 1. The fourth-order valence-electron chi connectivity index (χ4n) is 4.55. The first-order valence-electron chi connectivity index (χ1n) is 10.3. The molecular weight excluding hydrogens is 330 g/mol. The van der Waals surface area contributed by atoms with Crippen molar-refractivity contribution >= 4 is 5.97 Å². The first kappa shape index (κ1) is 19.3. The number of aryl methyl sites for hydroxylation is 1. The van der Waals surface area contributed by atoms with Crippen LogP contribution in [0.3, 0.4) is 0 Å². The van der Waals surface area contributed by atoms with E-state index in [9.17, 15) is 4.79 Å². The van der Waals surface area contributed by atoms with Crippen molar-refractivity contribution in [1.29, 1.82) is 0 Å². The quantitative estimate of drug-likeness (QED) is 0.690. The predicted molar refractivity (Wildman–Crippen MR) is 98.3 cm³/mol. The summed E-state index contributed by atoms with van der Waals surface area (Å²) < 4.78 is 5.60. The van der Waals surface area contributed by atoms with Crippen molar-refractivity contribution in [2.45, 2.75) is 71.3 Å². The minimum absolute atomic E-state index is 0.0507. The van der Waals surface area contributed by atoms with Crippen molar-refractivity contribution < 1.29 is 9.53 Å². The molecule has 3 rings (SSSR count). The summed E-state index contributed by atoms with van der Waals surface area (Å²) in [6.45, 7) is 5.82. The Bertz CT molecular complexity index is 546. The van der Waals surface area contributed by atoms with E-state index in [4.69, 9.17) is 4.74 Å². The van der Waals surface area contributed by atoms with Crippen LogP contribution in [0.25, 0.3) is 0 Å². The van der Waals surface area contributed by atoms with E-state index in [-0.39, 0.29) is 12.0 Å². The van der Waals surface area contributed by atoms with Gasteiger partial charge in [0.1, 0.15) is 11.9 Å². The number of esters is 1. The van der Waals surface area contributed by atoms with Crippen molar-refractivity contribution in [2.75, 3.05) is 13.2 Å². The number of hydrogen-bond acceptors (Lipinski definition) is 6. The predicted octanol–water partition coefficient (Wildman–Crippen LogP) is 2.51. The number of carbonyl (C=O) groups excluding carboxylic acids is 1. The number of aromatic nitrogens is 4. The Balaban J connectivity index is 1.45. The van der Waals surface area contributed by atoms with E-state index in [1.54, 1.807) is 0 Å². The molecule has 2 fully saturated rings. The Kier molecular flexibility index (Phi) is 7.00. The number of piperidine rings is 1. The van der Waals surface area contributed by atoms with Crippen LogP contribution >= 0.6 is 0 Å². The Hall–Kier alpha value is -1.50. The summed E-state index contributed by atoms with van der Waals surface area (Å²) >= 11 is 0. The second kappa shape index (κ2) is 9.44. The molecule has 2 N–H and O–H groups in total. The van der Waals surface area contributed by atoms with Gasteiger partial charge in [-0.15, -0.1) is 5.10 Å². The normalized spacial score (nSPS) is 28.7. The van der Waals surface area contributed by atoms with Crippen molar-refractivity contribution in [3.8, 4) is 0 Å². The van der Waals surface area contributed by atoms with Gasteiger partial charge in [-0.1, -0.05) is 33.1 Å². The zero-order valence-corrected chi connectivity index (χ0v) is 16.1. The summed E-state index contributed by atoms with van der Waals surface area (Å²) in [5.74, 6) is 3.36.